The average molecular weight is 367 g/mol. The summed E-state index contributed by atoms with van der Waals surface area (Å²) in [6.45, 7) is 1.19. The van der Waals surface area contributed by atoms with Crippen LogP contribution in [-0.4, -0.2) is 39.4 Å². The molecule has 0 N–H and O–H groups in total. The number of likely N-dealkylation sites (tertiary alicyclic amines) is 1. The van der Waals surface area contributed by atoms with Crippen LogP contribution in [0.5, 0.6) is 0 Å². The number of thioether (sulfide) groups is 1. The van der Waals surface area contributed by atoms with Gasteiger partial charge in [-0.3, -0.25) is 14.8 Å². The Kier molecular flexibility index (Phi) is 5.27. The molecule has 132 valence electrons. The smallest absolute Gasteiger partial charge is 0.339 e. The number of carbonyl (C=O) groups is 1. The summed E-state index contributed by atoms with van der Waals surface area (Å²) in [6, 6.07) is 5.56. The topological polar surface area (TPSA) is 46.1 Å². The van der Waals surface area contributed by atoms with Gasteiger partial charge in [-0.1, -0.05) is 0 Å². The number of hydrogen-bond acceptors (Lipinski definition) is 4. The van der Waals surface area contributed by atoms with Gasteiger partial charge in [-0.25, -0.2) is 0 Å². The van der Waals surface area contributed by atoms with Gasteiger partial charge in [0.2, 0.25) is 0 Å². The fourth-order valence-corrected chi connectivity index (χ4v) is 3.42. The third kappa shape index (κ3) is 4.72. The highest BCUT2D eigenvalue weighted by molar-refractivity contribution is 8.00. The van der Waals surface area contributed by atoms with Crippen molar-refractivity contribution in [2.75, 3.05) is 13.1 Å². The van der Waals surface area contributed by atoms with Crippen molar-refractivity contribution in [2.45, 2.75) is 29.2 Å². The van der Waals surface area contributed by atoms with E-state index in [9.17, 15) is 18.0 Å². The third-order valence-corrected chi connectivity index (χ3v) is 4.86. The molecule has 0 aliphatic carbocycles. The van der Waals surface area contributed by atoms with Crippen LogP contribution in [-0.2, 0) is 0 Å². The Bertz CT molecular complexity index is 714. The zero-order valence-electron chi connectivity index (χ0n) is 13.2. The van der Waals surface area contributed by atoms with Crippen molar-refractivity contribution in [3.63, 3.8) is 0 Å². The van der Waals surface area contributed by atoms with Crippen LogP contribution < -0.4 is 0 Å². The van der Waals surface area contributed by atoms with Gasteiger partial charge >= 0.3 is 5.51 Å². The zero-order chi connectivity index (χ0) is 17.9. The van der Waals surface area contributed by atoms with E-state index in [1.165, 1.54) is 24.3 Å². The van der Waals surface area contributed by atoms with E-state index in [2.05, 4.69) is 9.97 Å². The maximum Gasteiger partial charge on any atom is 0.446 e. The van der Waals surface area contributed by atoms with Crippen LogP contribution in [0.25, 0.3) is 0 Å². The number of piperidine rings is 1. The van der Waals surface area contributed by atoms with Crippen molar-refractivity contribution in [1.29, 1.82) is 0 Å². The maximum absolute atomic E-state index is 12.5. The molecule has 1 aliphatic rings. The molecule has 0 unspecified atom stereocenters. The van der Waals surface area contributed by atoms with Crippen LogP contribution in [0.3, 0.4) is 0 Å². The molecule has 2 aromatic rings. The predicted molar refractivity (Wildman–Crippen MR) is 88.3 cm³/mol. The lowest BCUT2D eigenvalue weighted by molar-refractivity contribution is -0.0328. The van der Waals surface area contributed by atoms with E-state index in [0.717, 1.165) is 18.5 Å². The summed E-state index contributed by atoms with van der Waals surface area (Å²) in [7, 11) is 0. The second-order valence-electron chi connectivity index (χ2n) is 5.77. The first-order valence-corrected chi connectivity index (χ1v) is 8.65. The molecular formula is C17H16F3N3OS. The number of rotatable bonds is 3. The van der Waals surface area contributed by atoms with Crippen molar-refractivity contribution >= 4 is 17.7 Å². The zero-order valence-corrected chi connectivity index (χ0v) is 14.1. The number of aromatic nitrogens is 2. The minimum absolute atomic E-state index is 0.0745. The summed E-state index contributed by atoms with van der Waals surface area (Å²) >= 11 is -0.183. The molecule has 3 rings (SSSR count). The fraction of sp³-hybridized carbons (Fsp3) is 0.353. The molecule has 1 saturated heterocycles. The first kappa shape index (κ1) is 17.7. The van der Waals surface area contributed by atoms with Gasteiger partial charge in [-0.05, 0) is 48.9 Å². The number of hydrogen-bond donors (Lipinski definition) is 0. The Morgan fingerprint density at radius 1 is 1.12 bits per heavy atom. The van der Waals surface area contributed by atoms with Crippen molar-refractivity contribution in [3.05, 3.63) is 54.1 Å². The molecule has 8 heteroatoms. The Balaban J connectivity index is 1.59. The second-order valence-corrected chi connectivity index (χ2v) is 6.91. The van der Waals surface area contributed by atoms with Gasteiger partial charge in [-0.15, -0.1) is 0 Å². The van der Waals surface area contributed by atoms with Crippen LogP contribution in [0.1, 0.15) is 34.8 Å². The summed E-state index contributed by atoms with van der Waals surface area (Å²) in [4.78, 5) is 22.7. The standard InChI is InChI=1S/C17H16F3N3OS/c18-17(19,20)25-14-3-1-13(2-4-14)16(24)23-9-5-12(6-10-23)15-11-21-7-8-22-15/h1-4,7-8,11-12H,5-6,9-10H2. The van der Waals surface area contributed by atoms with E-state index in [4.69, 9.17) is 0 Å². The van der Waals surface area contributed by atoms with Crippen molar-refractivity contribution in [1.82, 2.24) is 14.9 Å². The molecule has 1 aromatic heterocycles. The Hall–Kier alpha value is -2.09. The summed E-state index contributed by atoms with van der Waals surface area (Å²) in [5, 5.41) is 0. The number of alkyl halides is 3. The Labute approximate surface area is 147 Å². The van der Waals surface area contributed by atoms with Gasteiger partial charge in [0.05, 0.1) is 5.69 Å². The summed E-state index contributed by atoms with van der Waals surface area (Å²) in [5.41, 5.74) is -2.99. The minimum atomic E-state index is -4.33. The molecule has 0 bridgehead atoms. The molecule has 1 aliphatic heterocycles. The lowest BCUT2D eigenvalue weighted by Gasteiger charge is -2.31. The predicted octanol–water partition coefficient (Wildman–Crippen LogP) is 4.11. The number of amides is 1. The number of carbonyl (C=O) groups excluding carboxylic acids is 1. The van der Waals surface area contributed by atoms with E-state index < -0.39 is 5.51 Å². The van der Waals surface area contributed by atoms with Gasteiger partial charge in [0.25, 0.3) is 5.91 Å². The highest BCUT2D eigenvalue weighted by Gasteiger charge is 2.29. The van der Waals surface area contributed by atoms with Crippen LogP contribution in [0.15, 0.2) is 47.8 Å². The van der Waals surface area contributed by atoms with E-state index in [1.54, 1.807) is 23.5 Å². The van der Waals surface area contributed by atoms with Crippen molar-refractivity contribution in [3.8, 4) is 0 Å². The average Bonchev–Trinajstić information content (AvgIpc) is 2.61. The van der Waals surface area contributed by atoms with E-state index in [0.29, 0.717) is 18.7 Å². The summed E-state index contributed by atoms with van der Waals surface area (Å²) in [6.07, 6.45) is 6.63. The molecule has 4 nitrogen and oxygen atoms in total. The largest absolute Gasteiger partial charge is 0.446 e. The van der Waals surface area contributed by atoms with Crippen LogP contribution in [0.4, 0.5) is 13.2 Å². The SMILES string of the molecule is O=C(c1ccc(SC(F)(F)F)cc1)N1CCC(c2cnccn2)CC1. The number of halogens is 3. The molecule has 0 spiro atoms. The summed E-state index contributed by atoms with van der Waals surface area (Å²) in [5.74, 6) is 0.129. The molecule has 0 saturated carbocycles. The van der Waals surface area contributed by atoms with Gasteiger partial charge in [0, 0.05) is 48.1 Å². The molecule has 25 heavy (non-hydrogen) atoms. The molecule has 1 fully saturated rings. The van der Waals surface area contributed by atoms with Gasteiger partial charge in [0.1, 0.15) is 0 Å². The Morgan fingerprint density at radius 2 is 1.80 bits per heavy atom. The van der Waals surface area contributed by atoms with Gasteiger partial charge in [0.15, 0.2) is 0 Å². The van der Waals surface area contributed by atoms with Crippen molar-refractivity contribution < 1.29 is 18.0 Å². The molecule has 1 amide bonds. The molecule has 2 heterocycles. The normalized spacial score (nSPS) is 16.0. The molecular weight excluding hydrogens is 351 g/mol. The number of nitrogens with zero attached hydrogens (tertiary/aromatic N) is 3. The molecule has 0 atom stereocenters. The number of benzene rings is 1. The Morgan fingerprint density at radius 3 is 2.36 bits per heavy atom. The van der Waals surface area contributed by atoms with E-state index in [-0.39, 0.29) is 28.5 Å². The first-order valence-electron chi connectivity index (χ1n) is 7.83. The highest BCUT2D eigenvalue weighted by atomic mass is 32.2. The van der Waals surface area contributed by atoms with Gasteiger partial charge in [-0.2, -0.15) is 13.2 Å². The molecule has 1 aromatic carbocycles. The minimum Gasteiger partial charge on any atom is -0.339 e. The fourth-order valence-electron chi connectivity index (χ4n) is 2.88. The monoisotopic (exact) mass is 367 g/mol. The molecule has 0 radical (unpaired) electrons. The maximum atomic E-state index is 12.5. The van der Waals surface area contributed by atoms with Gasteiger partial charge < -0.3 is 4.90 Å². The van der Waals surface area contributed by atoms with Crippen LogP contribution in [0.2, 0.25) is 0 Å². The van der Waals surface area contributed by atoms with E-state index in [1.807, 2.05) is 0 Å². The first-order chi connectivity index (χ1) is 11.9. The highest BCUT2D eigenvalue weighted by Crippen LogP contribution is 2.36. The quantitative estimate of drug-likeness (QED) is 0.766. The van der Waals surface area contributed by atoms with Crippen LogP contribution in [0, 0.1) is 0 Å². The summed E-state index contributed by atoms with van der Waals surface area (Å²) < 4.78 is 37.0. The lowest BCUT2D eigenvalue weighted by atomic mass is 9.93. The van der Waals surface area contributed by atoms with Crippen LogP contribution >= 0.6 is 11.8 Å². The third-order valence-electron chi connectivity index (χ3n) is 4.12. The van der Waals surface area contributed by atoms with E-state index >= 15 is 0 Å². The second kappa shape index (κ2) is 7.43. The van der Waals surface area contributed by atoms with Crippen molar-refractivity contribution in [2.24, 2.45) is 0 Å². The lowest BCUT2D eigenvalue weighted by Crippen LogP contribution is -2.38.